The third-order valence-electron chi connectivity index (χ3n) is 2.88. The Hall–Kier alpha value is -2.30. The molecule has 0 bridgehead atoms. The zero-order valence-corrected chi connectivity index (χ0v) is 9.84. The van der Waals surface area contributed by atoms with Crippen LogP contribution < -0.4 is 15.8 Å². The van der Waals surface area contributed by atoms with Gasteiger partial charge in [-0.25, -0.2) is 4.98 Å². The minimum absolute atomic E-state index is 0.118. The first kappa shape index (κ1) is 10.8. The maximum atomic E-state index is 5.81. The van der Waals surface area contributed by atoms with Gasteiger partial charge in [-0.2, -0.15) is 4.98 Å². The Bertz CT molecular complexity index is 533. The number of benzene rings is 1. The van der Waals surface area contributed by atoms with Gasteiger partial charge in [0.2, 0.25) is 5.95 Å². The quantitative estimate of drug-likeness (QED) is 0.852. The number of hydrogen-bond donors (Lipinski definition) is 2. The highest BCUT2D eigenvalue weighted by Crippen LogP contribution is 2.27. The molecule has 3 rings (SSSR count). The molecule has 1 aromatic carbocycles. The van der Waals surface area contributed by atoms with Gasteiger partial charge in [0.25, 0.3) is 0 Å². The number of aromatic nitrogens is 2. The molecule has 3 N–H and O–H groups in total. The molecule has 1 aliphatic heterocycles. The lowest BCUT2D eigenvalue weighted by Gasteiger charge is -2.11. The van der Waals surface area contributed by atoms with Gasteiger partial charge in [-0.3, -0.25) is 0 Å². The number of para-hydroxylation sites is 1. The molecular formula is C13H14N4O. The summed E-state index contributed by atoms with van der Waals surface area (Å²) in [7, 11) is 0. The first-order chi connectivity index (χ1) is 8.81. The fraction of sp³-hybridized carbons (Fsp3) is 0.231. The van der Waals surface area contributed by atoms with Crippen molar-refractivity contribution in [3.05, 3.63) is 42.1 Å². The molecule has 5 heteroatoms. The molecule has 92 valence electrons. The highest BCUT2D eigenvalue weighted by molar-refractivity contribution is 5.39. The number of fused-ring (bicyclic) bond motifs is 1. The van der Waals surface area contributed by atoms with Crippen LogP contribution in [-0.2, 0) is 6.42 Å². The molecule has 0 fully saturated rings. The van der Waals surface area contributed by atoms with Gasteiger partial charge in [-0.15, -0.1) is 0 Å². The first-order valence-corrected chi connectivity index (χ1v) is 5.88. The van der Waals surface area contributed by atoms with Crippen LogP contribution in [0.3, 0.4) is 0 Å². The average molecular weight is 242 g/mol. The van der Waals surface area contributed by atoms with Crippen LogP contribution in [0.2, 0.25) is 0 Å². The standard InChI is InChI=1S/C13H14N4O/c14-12-5-6-15-13(17-12)16-8-10-7-9-3-1-2-4-11(9)18-10/h1-6,10H,7-8H2,(H3,14,15,16,17). The summed E-state index contributed by atoms with van der Waals surface area (Å²) in [5.41, 5.74) is 6.84. The van der Waals surface area contributed by atoms with E-state index >= 15 is 0 Å². The molecule has 1 aromatic heterocycles. The van der Waals surface area contributed by atoms with E-state index in [9.17, 15) is 0 Å². The molecule has 0 saturated heterocycles. The van der Waals surface area contributed by atoms with E-state index in [0.29, 0.717) is 18.3 Å². The van der Waals surface area contributed by atoms with E-state index < -0.39 is 0 Å². The van der Waals surface area contributed by atoms with E-state index in [0.717, 1.165) is 12.2 Å². The summed E-state index contributed by atoms with van der Waals surface area (Å²) in [6.07, 6.45) is 2.66. The van der Waals surface area contributed by atoms with Crippen LogP contribution in [0.15, 0.2) is 36.5 Å². The number of nitrogen functional groups attached to an aromatic ring is 1. The SMILES string of the molecule is Nc1ccnc(NCC2Cc3ccccc3O2)n1. The van der Waals surface area contributed by atoms with Crippen LogP contribution in [0.4, 0.5) is 11.8 Å². The van der Waals surface area contributed by atoms with Crippen LogP contribution in [0.5, 0.6) is 5.75 Å². The molecule has 18 heavy (non-hydrogen) atoms. The van der Waals surface area contributed by atoms with Gasteiger partial charge >= 0.3 is 0 Å². The lowest BCUT2D eigenvalue weighted by Crippen LogP contribution is -2.24. The van der Waals surface area contributed by atoms with Crippen molar-refractivity contribution in [1.29, 1.82) is 0 Å². The third kappa shape index (κ3) is 2.20. The zero-order valence-electron chi connectivity index (χ0n) is 9.84. The number of nitrogens with two attached hydrogens (primary N) is 1. The van der Waals surface area contributed by atoms with Crippen LogP contribution in [0, 0.1) is 0 Å². The van der Waals surface area contributed by atoms with Crippen molar-refractivity contribution in [1.82, 2.24) is 9.97 Å². The number of nitrogens with zero attached hydrogens (tertiary/aromatic N) is 2. The Balaban J connectivity index is 1.60. The maximum Gasteiger partial charge on any atom is 0.224 e. The Morgan fingerprint density at radius 1 is 1.33 bits per heavy atom. The lowest BCUT2D eigenvalue weighted by molar-refractivity contribution is 0.246. The van der Waals surface area contributed by atoms with Crippen molar-refractivity contribution in [3.63, 3.8) is 0 Å². The predicted octanol–water partition coefficient (Wildman–Crippen LogP) is 1.47. The summed E-state index contributed by atoms with van der Waals surface area (Å²) >= 11 is 0. The highest BCUT2D eigenvalue weighted by atomic mass is 16.5. The summed E-state index contributed by atoms with van der Waals surface area (Å²) in [6.45, 7) is 0.665. The van der Waals surface area contributed by atoms with Crippen molar-refractivity contribution in [3.8, 4) is 5.75 Å². The van der Waals surface area contributed by atoms with Gasteiger partial charge in [0.05, 0.1) is 6.54 Å². The predicted molar refractivity (Wildman–Crippen MR) is 69.5 cm³/mol. The molecule has 0 spiro atoms. The fourth-order valence-electron chi connectivity index (χ4n) is 2.03. The van der Waals surface area contributed by atoms with Gasteiger partial charge in [0, 0.05) is 12.6 Å². The highest BCUT2D eigenvalue weighted by Gasteiger charge is 2.21. The van der Waals surface area contributed by atoms with E-state index in [1.54, 1.807) is 12.3 Å². The molecule has 2 aromatic rings. The summed E-state index contributed by atoms with van der Waals surface area (Å²) in [5.74, 6) is 1.97. The molecule has 1 unspecified atom stereocenters. The lowest BCUT2D eigenvalue weighted by atomic mass is 10.1. The van der Waals surface area contributed by atoms with Crippen molar-refractivity contribution >= 4 is 11.8 Å². The molecule has 0 radical (unpaired) electrons. The number of rotatable bonds is 3. The Morgan fingerprint density at radius 3 is 3.06 bits per heavy atom. The summed E-state index contributed by atoms with van der Waals surface area (Å²) in [4.78, 5) is 8.18. The smallest absolute Gasteiger partial charge is 0.224 e. The van der Waals surface area contributed by atoms with Gasteiger partial charge in [-0.1, -0.05) is 18.2 Å². The summed E-state index contributed by atoms with van der Waals surface area (Å²) in [5, 5.41) is 3.14. The van der Waals surface area contributed by atoms with Crippen molar-refractivity contribution in [2.24, 2.45) is 0 Å². The molecule has 0 aliphatic carbocycles. The molecule has 1 atom stereocenters. The van der Waals surface area contributed by atoms with Gasteiger partial charge < -0.3 is 15.8 Å². The van der Waals surface area contributed by atoms with Crippen LogP contribution in [0.25, 0.3) is 0 Å². The van der Waals surface area contributed by atoms with E-state index in [1.165, 1.54) is 5.56 Å². The van der Waals surface area contributed by atoms with Crippen LogP contribution in [-0.4, -0.2) is 22.6 Å². The second kappa shape index (κ2) is 4.52. The Kier molecular flexibility index (Phi) is 2.72. The molecule has 1 aliphatic rings. The van der Waals surface area contributed by atoms with Gasteiger partial charge in [0.1, 0.15) is 17.7 Å². The number of hydrogen-bond acceptors (Lipinski definition) is 5. The maximum absolute atomic E-state index is 5.81. The molecule has 0 saturated carbocycles. The van der Waals surface area contributed by atoms with E-state index in [-0.39, 0.29) is 6.10 Å². The molecule has 0 amide bonds. The zero-order chi connectivity index (χ0) is 12.4. The molecular weight excluding hydrogens is 228 g/mol. The number of nitrogens with one attached hydrogen (secondary N) is 1. The normalized spacial score (nSPS) is 17.0. The Morgan fingerprint density at radius 2 is 2.22 bits per heavy atom. The van der Waals surface area contributed by atoms with E-state index in [1.807, 2.05) is 18.2 Å². The van der Waals surface area contributed by atoms with Crippen molar-refractivity contribution in [2.45, 2.75) is 12.5 Å². The van der Waals surface area contributed by atoms with Crippen molar-refractivity contribution in [2.75, 3.05) is 17.6 Å². The summed E-state index contributed by atoms with van der Waals surface area (Å²) in [6, 6.07) is 9.75. The minimum atomic E-state index is 0.118. The second-order valence-electron chi connectivity index (χ2n) is 4.24. The topological polar surface area (TPSA) is 73.1 Å². The van der Waals surface area contributed by atoms with Crippen molar-refractivity contribution < 1.29 is 4.74 Å². The Labute approximate surface area is 105 Å². The second-order valence-corrected chi connectivity index (χ2v) is 4.24. The average Bonchev–Trinajstić information content (AvgIpc) is 2.79. The van der Waals surface area contributed by atoms with Crippen LogP contribution in [0.1, 0.15) is 5.56 Å². The van der Waals surface area contributed by atoms with E-state index in [4.69, 9.17) is 10.5 Å². The van der Waals surface area contributed by atoms with Crippen LogP contribution >= 0.6 is 0 Å². The molecule has 2 heterocycles. The first-order valence-electron chi connectivity index (χ1n) is 5.88. The monoisotopic (exact) mass is 242 g/mol. The fourth-order valence-corrected chi connectivity index (χ4v) is 2.03. The van der Waals surface area contributed by atoms with Gasteiger partial charge in [-0.05, 0) is 17.7 Å². The number of ether oxygens (including phenoxy) is 1. The number of anilines is 2. The molecule has 5 nitrogen and oxygen atoms in total. The third-order valence-corrected chi connectivity index (χ3v) is 2.88. The van der Waals surface area contributed by atoms with E-state index in [2.05, 4.69) is 21.4 Å². The minimum Gasteiger partial charge on any atom is -0.488 e. The largest absolute Gasteiger partial charge is 0.488 e. The summed E-state index contributed by atoms with van der Waals surface area (Å²) < 4.78 is 5.81. The van der Waals surface area contributed by atoms with Gasteiger partial charge in [0.15, 0.2) is 0 Å².